The Morgan fingerprint density at radius 1 is 1.12 bits per heavy atom. The second-order valence-corrected chi connectivity index (χ2v) is 8.44. The molecule has 1 amide bonds. The van der Waals surface area contributed by atoms with E-state index in [0.717, 1.165) is 35.6 Å². The molecule has 172 valence electrons. The van der Waals surface area contributed by atoms with Crippen molar-refractivity contribution in [3.8, 4) is 0 Å². The zero-order valence-corrected chi connectivity index (χ0v) is 19.3. The van der Waals surface area contributed by atoms with Gasteiger partial charge < -0.3 is 15.1 Å². The number of hydrogen-bond acceptors (Lipinski definition) is 6. The fraction of sp³-hybridized carbons (Fsp3) is 0.360. The van der Waals surface area contributed by atoms with E-state index in [4.69, 9.17) is 4.98 Å². The third kappa shape index (κ3) is 5.63. The molecule has 1 aromatic carbocycles. The minimum absolute atomic E-state index is 0.0566. The van der Waals surface area contributed by atoms with Crippen LogP contribution in [0.25, 0.3) is 0 Å². The number of halogens is 1. The average molecular weight is 449 g/mol. The van der Waals surface area contributed by atoms with Crippen LogP contribution in [0.1, 0.15) is 42.4 Å². The van der Waals surface area contributed by atoms with E-state index < -0.39 is 0 Å². The van der Waals surface area contributed by atoms with Gasteiger partial charge in [-0.3, -0.25) is 4.79 Å². The molecule has 0 spiro atoms. The van der Waals surface area contributed by atoms with Crippen molar-refractivity contribution in [3.05, 3.63) is 71.4 Å². The molecule has 3 aromatic rings. The summed E-state index contributed by atoms with van der Waals surface area (Å²) in [4.78, 5) is 30.5. The molecular formula is C25H29FN6O. The lowest BCUT2D eigenvalue weighted by Crippen LogP contribution is -2.33. The molecule has 3 heterocycles. The van der Waals surface area contributed by atoms with Gasteiger partial charge in [-0.2, -0.15) is 0 Å². The molecule has 0 bridgehead atoms. The first-order valence-electron chi connectivity index (χ1n) is 11.2. The van der Waals surface area contributed by atoms with Crippen LogP contribution >= 0.6 is 0 Å². The zero-order chi connectivity index (χ0) is 23.4. The third-order valence-corrected chi connectivity index (χ3v) is 5.82. The first-order chi connectivity index (χ1) is 15.9. The molecule has 1 N–H and O–H groups in total. The predicted octanol–water partition coefficient (Wildman–Crippen LogP) is 4.56. The number of carbonyl (C=O) groups is 1. The third-order valence-electron chi connectivity index (χ3n) is 5.82. The number of nitrogens with one attached hydrogen (secondary N) is 1. The molecular weight excluding hydrogens is 419 g/mol. The fourth-order valence-electron chi connectivity index (χ4n) is 4.23. The van der Waals surface area contributed by atoms with Crippen molar-refractivity contribution in [1.29, 1.82) is 0 Å². The number of pyridine rings is 1. The summed E-state index contributed by atoms with van der Waals surface area (Å²) < 4.78 is 13.5. The topological polar surface area (TPSA) is 74.2 Å². The fourth-order valence-corrected chi connectivity index (χ4v) is 4.23. The Morgan fingerprint density at radius 2 is 1.88 bits per heavy atom. The van der Waals surface area contributed by atoms with Gasteiger partial charge in [0.15, 0.2) is 0 Å². The summed E-state index contributed by atoms with van der Waals surface area (Å²) >= 11 is 0. The molecule has 4 rings (SSSR count). The summed E-state index contributed by atoms with van der Waals surface area (Å²) in [5, 5.41) is 3.18. The molecule has 1 atom stereocenters. The van der Waals surface area contributed by atoms with Crippen molar-refractivity contribution in [2.24, 2.45) is 0 Å². The van der Waals surface area contributed by atoms with Crippen LogP contribution in [0.5, 0.6) is 0 Å². The van der Waals surface area contributed by atoms with Crippen LogP contribution < -0.4 is 10.2 Å². The molecule has 8 heteroatoms. The number of rotatable bonds is 7. The summed E-state index contributed by atoms with van der Waals surface area (Å²) in [6, 6.07) is 14.0. The predicted molar refractivity (Wildman–Crippen MR) is 127 cm³/mol. The summed E-state index contributed by atoms with van der Waals surface area (Å²) in [5.74, 6) is 0.967. The highest BCUT2D eigenvalue weighted by molar-refractivity contribution is 5.77. The van der Waals surface area contributed by atoms with Crippen LogP contribution in [-0.2, 0) is 4.79 Å². The first kappa shape index (κ1) is 22.6. The molecule has 1 fully saturated rings. The lowest BCUT2D eigenvalue weighted by Gasteiger charge is -2.26. The molecule has 1 saturated heterocycles. The lowest BCUT2D eigenvalue weighted by atomic mass is 10.1. The minimum atomic E-state index is -0.281. The van der Waals surface area contributed by atoms with Crippen LogP contribution in [0.4, 0.5) is 21.8 Å². The summed E-state index contributed by atoms with van der Waals surface area (Å²) in [5.41, 5.74) is 3.39. The number of amides is 1. The number of carbonyl (C=O) groups excluding carboxylic acids is 1. The maximum absolute atomic E-state index is 13.5. The van der Waals surface area contributed by atoms with Gasteiger partial charge in [0.1, 0.15) is 11.6 Å². The van der Waals surface area contributed by atoms with Gasteiger partial charge in [-0.1, -0.05) is 12.1 Å². The van der Waals surface area contributed by atoms with Crippen molar-refractivity contribution in [3.63, 3.8) is 0 Å². The van der Waals surface area contributed by atoms with E-state index in [1.54, 1.807) is 6.07 Å². The van der Waals surface area contributed by atoms with Gasteiger partial charge in [-0.15, -0.1) is 0 Å². The van der Waals surface area contributed by atoms with E-state index in [9.17, 15) is 9.18 Å². The number of nitrogens with zero attached hydrogens (tertiary/aromatic N) is 5. The Hall–Kier alpha value is -3.55. The molecule has 0 radical (unpaired) electrons. The molecule has 0 aliphatic carbocycles. The highest BCUT2D eigenvalue weighted by Gasteiger charge is 2.30. The molecule has 1 unspecified atom stereocenters. The Bertz CT molecular complexity index is 1120. The van der Waals surface area contributed by atoms with Crippen molar-refractivity contribution >= 4 is 23.4 Å². The van der Waals surface area contributed by atoms with Gasteiger partial charge in [0.05, 0.1) is 11.7 Å². The molecule has 33 heavy (non-hydrogen) atoms. The molecule has 2 aromatic heterocycles. The number of aromatic nitrogens is 3. The molecule has 7 nitrogen and oxygen atoms in total. The Labute approximate surface area is 193 Å². The van der Waals surface area contributed by atoms with Crippen molar-refractivity contribution in [2.75, 3.05) is 30.4 Å². The highest BCUT2D eigenvalue weighted by Crippen LogP contribution is 2.32. The molecule has 1 aliphatic heterocycles. The number of benzene rings is 1. The average Bonchev–Trinajstić information content (AvgIpc) is 3.27. The van der Waals surface area contributed by atoms with Crippen LogP contribution in [0.15, 0.2) is 48.5 Å². The van der Waals surface area contributed by atoms with E-state index in [2.05, 4.69) is 15.3 Å². The van der Waals surface area contributed by atoms with E-state index >= 15 is 0 Å². The number of likely N-dealkylation sites (tertiary alicyclic amines) is 1. The number of aryl methyl sites for hydroxylation is 2. The Morgan fingerprint density at radius 3 is 2.64 bits per heavy atom. The highest BCUT2D eigenvalue weighted by atomic mass is 19.1. The normalized spacial score (nSPS) is 15.5. The maximum Gasteiger partial charge on any atom is 0.228 e. The lowest BCUT2D eigenvalue weighted by molar-refractivity contribution is -0.132. The van der Waals surface area contributed by atoms with Gasteiger partial charge in [0.25, 0.3) is 0 Å². The van der Waals surface area contributed by atoms with Crippen LogP contribution in [0, 0.1) is 19.7 Å². The van der Waals surface area contributed by atoms with E-state index in [1.807, 2.05) is 61.0 Å². The second-order valence-electron chi connectivity index (χ2n) is 8.44. The summed E-state index contributed by atoms with van der Waals surface area (Å²) in [7, 11) is 1.87. The van der Waals surface area contributed by atoms with Crippen LogP contribution in [0.3, 0.4) is 0 Å². The molecule has 1 aliphatic rings. The standard InChI is InChI=1S/C25H29FN6O/c1-17-15-18(2)28-25(27-17)30-23-11-5-9-21(29-23)22-10-6-13-32(22)24(33)12-14-31(3)20-8-4-7-19(26)16-20/h4-5,7-9,11,15-16,22H,6,10,12-14H2,1-3H3,(H,27,28,29,30). The minimum Gasteiger partial charge on any atom is -0.374 e. The van der Waals surface area contributed by atoms with E-state index in [-0.39, 0.29) is 17.8 Å². The molecule has 0 saturated carbocycles. The van der Waals surface area contributed by atoms with Crippen molar-refractivity contribution in [2.45, 2.75) is 39.2 Å². The van der Waals surface area contributed by atoms with Gasteiger partial charge in [0.2, 0.25) is 11.9 Å². The van der Waals surface area contributed by atoms with Crippen LogP contribution in [0.2, 0.25) is 0 Å². The maximum atomic E-state index is 13.5. The SMILES string of the molecule is Cc1cc(C)nc(Nc2cccc(C3CCCN3C(=O)CCN(C)c3cccc(F)c3)n2)n1. The summed E-state index contributed by atoms with van der Waals surface area (Å²) in [6.45, 7) is 5.09. The van der Waals surface area contributed by atoms with Gasteiger partial charge in [-0.05, 0) is 63.1 Å². The number of hydrogen-bond donors (Lipinski definition) is 1. The van der Waals surface area contributed by atoms with Crippen molar-refractivity contribution < 1.29 is 9.18 Å². The monoisotopic (exact) mass is 448 g/mol. The van der Waals surface area contributed by atoms with E-state index in [1.165, 1.54) is 12.1 Å². The first-order valence-corrected chi connectivity index (χ1v) is 11.2. The van der Waals surface area contributed by atoms with Gasteiger partial charge >= 0.3 is 0 Å². The quantitative estimate of drug-likeness (QED) is 0.571. The van der Waals surface area contributed by atoms with Gasteiger partial charge in [0, 0.05) is 43.6 Å². The zero-order valence-electron chi connectivity index (χ0n) is 19.3. The number of anilines is 3. The second kappa shape index (κ2) is 9.94. The largest absolute Gasteiger partial charge is 0.374 e. The summed E-state index contributed by atoms with van der Waals surface area (Å²) in [6.07, 6.45) is 2.18. The van der Waals surface area contributed by atoms with Crippen molar-refractivity contribution in [1.82, 2.24) is 19.9 Å². The van der Waals surface area contributed by atoms with Crippen LogP contribution in [-0.4, -0.2) is 45.9 Å². The van der Waals surface area contributed by atoms with Gasteiger partial charge in [-0.25, -0.2) is 19.3 Å². The van der Waals surface area contributed by atoms with E-state index in [0.29, 0.717) is 31.3 Å². The Kier molecular flexibility index (Phi) is 6.82. The smallest absolute Gasteiger partial charge is 0.228 e. The Balaban J connectivity index is 1.42.